The molecule has 29 heavy (non-hydrogen) atoms. The van der Waals surface area contributed by atoms with Crippen molar-refractivity contribution in [1.82, 2.24) is 15.1 Å². The Morgan fingerprint density at radius 1 is 1.14 bits per heavy atom. The number of para-hydroxylation sites is 1. The predicted octanol–water partition coefficient (Wildman–Crippen LogP) is 2.82. The standard InChI is InChI=1S/C22H34N4O2.HI/c1-23-22(26-9-8-19(16-26)15-25-10-12-27-13-11-25)24-14-20-4-2-3-5-21(20)28-17-18-6-7-18;/h2-5,18-19H,6-17H2,1H3,(H,23,24);1H. The molecule has 2 saturated heterocycles. The van der Waals surface area contributed by atoms with E-state index in [2.05, 4.69) is 44.4 Å². The van der Waals surface area contributed by atoms with Gasteiger partial charge >= 0.3 is 0 Å². The molecular formula is C22H35IN4O2. The molecule has 1 aliphatic carbocycles. The minimum atomic E-state index is 0. The Hall–Kier alpha value is -1.06. The van der Waals surface area contributed by atoms with Crippen LogP contribution in [0.25, 0.3) is 0 Å². The van der Waals surface area contributed by atoms with Crippen LogP contribution in [0.2, 0.25) is 0 Å². The minimum absolute atomic E-state index is 0. The summed E-state index contributed by atoms with van der Waals surface area (Å²) in [7, 11) is 1.88. The maximum atomic E-state index is 6.04. The SMILES string of the molecule is CN=C(NCc1ccccc1OCC1CC1)N1CCC(CN2CCOCC2)C1.I. The van der Waals surface area contributed by atoms with E-state index in [1.54, 1.807) is 0 Å². The topological polar surface area (TPSA) is 49.3 Å². The summed E-state index contributed by atoms with van der Waals surface area (Å²) in [4.78, 5) is 9.48. The lowest BCUT2D eigenvalue weighted by Gasteiger charge is -2.29. The molecular weight excluding hydrogens is 479 g/mol. The summed E-state index contributed by atoms with van der Waals surface area (Å²) in [5, 5.41) is 3.56. The van der Waals surface area contributed by atoms with Crippen LogP contribution in [0, 0.1) is 11.8 Å². The van der Waals surface area contributed by atoms with Crippen molar-refractivity contribution in [3.63, 3.8) is 0 Å². The lowest BCUT2D eigenvalue weighted by molar-refractivity contribution is 0.0315. The normalized spacial score (nSPS) is 23.0. The second-order valence-electron chi connectivity index (χ2n) is 8.28. The van der Waals surface area contributed by atoms with Crippen molar-refractivity contribution >= 4 is 29.9 Å². The van der Waals surface area contributed by atoms with Gasteiger partial charge in [-0.1, -0.05) is 18.2 Å². The van der Waals surface area contributed by atoms with Crippen LogP contribution in [0.15, 0.2) is 29.3 Å². The summed E-state index contributed by atoms with van der Waals surface area (Å²) in [6.45, 7) is 8.82. The van der Waals surface area contributed by atoms with Crippen LogP contribution < -0.4 is 10.1 Å². The fourth-order valence-corrected chi connectivity index (χ4v) is 4.11. The molecule has 6 nitrogen and oxygen atoms in total. The predicted molar refractivity (Wildman–Crippen MR) is 127 cm³/mol. The first-order valence-corrected chi connectivity index (χ1v) is 10.8. The Labute approximate surface area is 192 Å². The van der Waals surface area contributed by atoms with E-state index >= 15 is 0 Å². The Bertz CT molecular complexity index is 662. The van der Waals surface area contributed by atoms with E-state index in [1.807, 2.05) is 7.05 Å². The van der Waals surface area contributed by atoms with Gasteiger partial charge in [-0.15, -0.1) is 24.0 Å². The van der Waals surface area contributed by atoms with Gasteiger partial charge < -0.3 is 19.7 Å². The van der Waals surface area contributed by atoms with E-state index in [-0.39, 0.29) is 24.0 Å². The van der Waals surface area contributed by atoms with Gasteiger partial charge in [0.1, 0.15) is 5.75 Å². The molecule has 0 radical (unpaired) electrons. The van der Waals surface area contributed by atoms with Crippen LogP contribution >= 0.6 is 24.0 Å². The molecule has 1 unspecified atom stereocenters. The minimum Gasteiger partial charge on any atom is -0.493 e. The van der Waals surface area contributed by atoms with Gasteiger partial charge in [-0.3, -0.25) is 9.89 Å². The Morgan fingerprint density at radius 2 is 1.93 bits per heavy atom. The zero-order chi connectivity index (χ0) is 19.2. The number of halogens is 1. The van der Waals surface area contributed by atoms with E-state index in [0.29, 0.717) is 5.92 Å². The molecule has 0 aromatic heterocycles. The number of ether oxygens (including phenoxy) is 2. The number of hydrogen-bond acceptors (Lipinski definition) is 4. The second kappa shape index (κ2) is 11.4. The molecule has 0 amide bonds. The third-order valence-corrected chi connectivity index (χ3v) is 6.00. The summed E-state index contributed by atoms with van der Waals surface area (Å²) >= 11 is 0. The number of nitrogens with zero attached hydrogens (tertiary/aromatic N) is 3. The van der Waals surface area contributed by atoms with Crippen molar-refractivity contribution < 1.29 is 9.47 Å². The van der Waals surface area contributed by atoms with Crippen LogP contribution in [0.1, 0.15) is 24.8 Å². The Kier molecular flexibility index (Phi) is 8.86. The second-order valence-corrected chi connectivity index (χ2v) is 8.28. The van der Waals surface area contributed by atoms with Gasteiger partial charge in [0, 0.05) is 51.9 Å². The smallest absolute Gasteiger partial charge is 0.193 e. The molecule has 3 aliphatic rings. The largest absolute Gasteiger partial charge is 0.493 e. The molecule has 0 spiro atoms. The maximum Gasteiger partial charge on any atom is 0.193 e. The highest BCUT2D eigenvalue weighted by atomic mass is 127. The van der Waals surface area contributed by atoms with Crippen molar-refractivity contribution in [2.24, 2.45) is 16.8 Å². The highest BCUT2D eigenvalue weighted by Crippen LogP contribution is 2.30. The summed E-state index contributed by atoms with van der Waals surface area (Å²) in [5.74, 6) is 3.48. The molecule has 2 heterocycles. The summed E-state index contributed by atoms with van der Waals surface area (Å²) in [5.41, 5.74) is 1.20. The number of nitrogens with one attached hydrogen (secondary N) is 1. The van der Waals surface area contributed by atoms with Crippen molar-refractivity contribution in [1.29, 1.82) is 0 Å². The van der Waals surface area contributed by atoms with E-state index in [1.165, 1.54) is 31.4 Å². The van der Waals surface area contributed by atoms with E-state index in [4.69, 9.17) is 9.47 Å². The summed E-state index contributed by atoms with van der Waals surface area (Å²) in [6, 6.07) is 8.36. The zero-order valence-corrected chi connectivity index (χ0v) is 19.8. The average molecular weight is 514 g/mol. The highest BCUT2D eigenvalue weighted by molar-refractivity contribution is 14.0. The molecule has 2 aliphatic heterocycles. The average Bonchev–Trinajstić information content (AvgIpc) is 3.46. The Morgan fingerprint density at radius 3 is 2.69 bits per heavy atom. The molecule has 1 atom stereocenters. The Balaban J connectivity index is 0.00000240. The molecule has 1 saturated carbocycles. The van der Waals surface area contributed by atoms with E-state index in [0.717, 1.165) is 70.2 Å². The highest BCUT2D eigenvalue weighted by Gasteiger charge is 2.27. The van der Waals surface area contributed by atoms with Gasteiger partial charge in [0.2, 0.25) is 0 Å². The van der Waals surface area contributed by atoms with Crippen molar-refractivity contribution in [2.45, 2.75) is 25.8 Å². The number of rotatable bonds is 7. The molecule has 162 valence electrons. The van der Waals surface area contributed by atoms with Crippen LogP contribution in [0.3, 0.4) is 0 Å². The summed E-state index contributed by atoms with van der Waals surface area (Å²) in [6.07, 6.45) is 3.86. The number of morpholine rings is 1. The van der Waals surface area contributed by atoms with Gasteiger partial charge in [0.25, 0.3) is 0 Å². The lowest BCUT2D eigenvalue weighted by atomic mass is 10.1. The molecule has 1 aromatic carbocycles. The first kappa shape index (κ1) is 22.6. The quantitative estimate of drug-likeness (QED) is 0.345. The number of hydrogen-bond donors (Lipinski definition) is 1. The lowest BCUT2D eigenvalue weighted by Crippen LogP contribution is -2.42. The third-order valence-electron chi connectivity index (χ3n) is 6.00. The third kappa shape index (κ3) is 6.72. The van der Waals surface area contributed by atoms with Crippen LogP contribution in [0.4, 0.5) is 0 Å². The molecule has 4 rings (SSSR count). The number of guanidine groups is 1. The van der Waals surface area contributed by atoms with Crippen LogP contribution in [-0.4, -0.2) is 75.4 Å². The van der Waals surface area contributed by atoms with Gasteiger partial charge in [0.15, 0.2) is 5.96 Å². The molecule has 1 N–H and O–H groups in total. The molecule has 7 heteroatoms. The zero-order valence-electron chi connectivity index (χ0n) is 17.5. The van der Waals surface area contributed by atoms with Crippen LogP contribution in [0.5, 0.6) is 5.75 Å². The van der Waals surface area contributed by atoms with Gasteiger partial charge in [-0.2, -0.15) is 0 Å². The van der Waals surface area contributed by atoms with Crippen LogP contribution in [-0.2, 0) is 11.3 Å². The number of aliphatic imine (C=N–C) groups is 1. The number of likely N-dealkylation sites (tertiary alicyclic amines) is 1. The van der Waals surface area contributed by atoms with Crippen molar-refractivity contribution in [3.8, 4) is 5.75 Å². The van der Waals surface area contributed by atoms with Crippen molar-refractivity contribution in [2.75, 3.05) is 59.6 Å². The van der Waals surface area contributed by atoms with Gasteiger partial charge in [-0.25, -0.2) is 0 Å². The van der Waals surface area contributed by atoms with E-state index in [9.17, 15) is 0 Å². The van der Waals surface area contributed by atoms with Crippen molar-refractivity contribution in [3.05, 3.63) is 29.8 Å². The number of benzene rings is 1. The molecule has 3 fully saturated rings. The first-order chi connectivity index (χ1) is 13.8. The van der Waals surface area contributed by atoms with Gasteiger partial charge in [-0.05, 0) is 37.2 Å². The van der Waals surface area contributed by atoms with E-state index < -0.39 is 0 Å². The fourth-order valence-electron chi connectivity index (χ4n) is 4.11. The monoisotopic (exact) mass is 514 g/mol. The molecule has 1 aromatic rings. The fraction of sp³-hybridized carbons (Fsp3) is 0.682. The van der Waals surface area contributed by atoms with Gasteiger partial charge in [0.05, 0.1) is 19.8 Å². The maximum absolute atomic E-state index is 6.04. The summed E-state index contributed by atoms with van der Waals surface area (Å²) < 4.78 is 11.5. The first-order valence-electron chi connectivity index (χ1n) is 10.8. The molecule has 0 bridgehead atoms.